The van der Waals surface area contributed by atoms with Crippen molar-refractivity contribution < 1.29 is 22.7 Å². The van der Waals surface area contributed by atoms with Gasteiger partial charge >= 0.3 is 0 Å². The molecular weight excluding hydrogens is 429 g/mol. The number of nitrogens with zero attached hydrogens (tertiary/aromatic N) is 1. The number of nitrogens with one attached hydrogen (secondary N) is 2. The summed E-state index contributed by atoms with van der Waals surface area (Å²) in [5, 5.41) is 9.36. The fourth-order valence-electron chi connectivity index (χ4n) is 2.31. The third-order valence-electron chi connectivity index (χ3n) is 3.62. The van der Waals surface area contributed by atoms with E-state index in [1.54, 1.807) is 6.07 Å². The molecule has 0 fully saturated rings. The van der Waals surface area contributed by atoms with Crippen LogP contribution in [0.2, 0.25) is 0 Å². The van der Waals surface area contributed by atoms with Crippen molar-refractivity contribution in [2.24, 2.45) is 5.73 Å². The molecule has 0 aliphatic carbocycles. The maximum atomic E-state index is 14.1. The molecule has 6 nitrogen and oxygen atoms in total. The first-order valence-corrected chi connectivity index (χ1v) is 8.55. The molecule has 4 N–H and O–H groups in total. The van der Waals surface area contributed by atoms with Gasteiger partial charge in [0.25, 0.3) is 11.9 Å². The predicted octanol–water partition coefficient (Wildman–Crippen LogP) is 3.73. The molecule has 1 unspecified atom stereocenters. The number of pyridine rings is 1. The molecule has 0 radical (unpaired) electrons. The van der Waals surface area contributed by atoms with Gasteiger partial charge in [-0.2, -0.15) is 0 Å². The second-order valence-electron chi connectivity index (χ2n) is 5.53. The van der Waals surface area contributed by atoms with Gasteiger partial charge in [-0.15, -0.1) is 0 Å². The maximum Gasteiger partial charge on any atom is 0.278 e. The summed E-state index contributed by atoms with van der Waals surface area (Å²) in [5.41, 5.74) is 4.82. The van der Waals surface area contributed by atoms with Gasteiger partial charge in [-0.3, -0.25) is 14.6 Å². The van der Waals surface area contributed by atoms with E-state index in [1.807, 2.05) is 0 Å². The number of amidine groups is 1. The molecule has 0 aliphatic rings. The Morgan fingerprint density at radius 2 is 2.11 bits per heavy atom. The Bertz CT molecular complexity index is 834. The molecule has 0 saturated heterocycles. The summed E-state index contributed by atoms with van der Waals surface area (Å²) in [7, 11) is 0. The van der Waals surface area contributed by atoms with Crippen LogP contribution in [0.15, 0.2) is 34.9 Å². The largest absolute Gasteiger partial charge is 0.466 e. The van der Waals surface area contributed by atoms with E-state index in [0.717, 1.165) is 12.1 Å². The smallest absolute Gasteiger partial charge is 0.278 e. The van der Waals surface area contributed by atoms with Gasteiger partial charge in [0, 0.05) is 28.3 Å². The molecule has 2 rings (SSSR count). The van der Waals surface area contributed by atoms with Crippen LogP contribution in [-0.4, -0.2) is 30.2 Å². The molecule has 1 atom stereocenters. The fraction of sp³-hybridized carbons (Fsp3) is 0.235. The van der Waals surface area contributed by atoms with Gasteiger partial charge in [0.2, 0.25) is 0 Å². The second kappa shape index (κ2) is 9.36. The number of ether oxygens (including phenoxy) is 1. The van der Waals surface area contributed by atoms with Crippen molar-refractivity contribution in [2.75, 3.05) is 18.6 Å². The van der Waals surface area contributed by atoms with E-state index in [2.05, 4.69) is 26.2 Å². The number of rotatable bonds is 7. The lowest BCUT2D eigenvalue weighted by atomic mass is 9.96. The maximum absolute atomic E-state index is 14.1. The molecule has 0 aliphatic heterocycles. The van der Waals surface area contributed by atoms with Gasteiger partial charge in [0.15, 0.2) is 11.6 Å². The molecule has 0 saturated carbocycles. The van der Waals surface area contributed by atoms with Crippen molar-refractivity contribution >= 4 is 33.5 Å². The van der Waals surface area contributed by atoms with E-state index in [4.69, 9.17) is 15.9 Å². The van der Waals surface area contributed by atoms with Crippen molar-refractivity contribution in [1.82, 2.24) is 4.98 Å². The van der Waals surface area contributed by atoms with E-state index < -0.39 is 36.2 Å². The van der Waals surface area contributed by atoms with Crippen LogP contribution in [0.3, 0.4) is 0 Å². The zero-order chi connectivity index (χ0) is 20.0. The first-order chi connectivity index (χ1) is 12.8. The highest BCUT2D eigenvalue weighted by molar-refractivity contribution is 9.10. The molecule has 0 spiro atoms. The number of hydrogen-bond acceptors (Lipinski definition) is 4. The lowest BCUT2D eigenvalue weighted by Gasteiger charge is -2.16. The number of halogens is 4. The van der Waals surface area contributed by atoms with E-state index in [9.17, 15) is 18.0 Å². The topological polar surface area (TPSA) is 101 Å². The fourth-order valence-corrected chi connectivity index (χ4v) is 2.55. The Hall–Kier alpha value is -2.62. The minimum absolute atomic E-state index is 0.0297. The van der Waals surface area contributed by atoms with Gasteiger partial charge in [0.1, 0.15) is 5.69 Å². The quantitative estimate of drug-likeness (QED) is 0.447. The van der Waals surface area contributed by atoms with Gasteiger partial charge < -0.3 is 15.8 Å². The summed E-state index contributed by atoms with van der Waals surface area (Å²) in [6.07, 6.45) is 1.39. The molecule has 2 aromatic rings. The molecule has 27 heavy (non-hydrogen) atoms. The lowest BCUT2D eigenvalue weighted by molar-refractivity contribution is 0.102. The molecular formula is C17H16BrF3N4O2. The first-order valence-electron chi connectivity index (χ1n) is 7.76. The van der Waals surface area contributed by atoms with E-state index in [1.165, 1.54) is 12.3 Å². The van der Waals surface area contributed by atoms with Crippen molar-refractivity contribution in [1.29, 1.82) is 5.41 Å². The van der Waals surface area contributed by atoms with Crippen LogP contribution in [0, 0.1) is 17.0 Å². The monoisotopic (exact) mass is 444 g/mol. The Morgan fingerprint density at radius 3 is 2.70 bits per heavy atom. The summed E-state index contributed by atoms with van der Waals surface area (Å²) in [4.78, 5) is 16.1. The number of amides is 1. The van der Waals surface area contributed by atoms with Crippen LogP contribution in [0.25, 0.3) is 0 Å². The van der Waals surface area contributed by atoms with Crippen LogP contribution >= 0.6 is 15.9 Å². The predicted molar refractivity (Wildman–Crippen MR) is 97.4 cm³/mol. The van der Waals surface area contributed by atoms with Gasteiger partial charge in [-0.25, -0.2) is 13.8 Å². The van der Waals surface area contributed by atoms with Gasteiger partial charge in [-0.1, -0.05) is 0 Å². The number of nitrogens with two attached hydrogens (primary N) is 1. The molecule has 1 aromatic carbocycles. The molecule has 1 aromatic heterocycles. The number of anilines is 1. The zero-order valence-corrected chi connectivity index (χ0v) is 15.5. The molecule has 10 heteroatoms. The summed E-state index contributed by atoms with van der Waals surface area (Å²) >= 11 is 3.19. The van der Waals surface area contributed by atoms with Crippen molar-refractivity contribution in [3.05, 3.63) is 57.8 Å². The number of carbonyl (C=O) groups excluding carboxylic acids is 1. The minimum Gasteiger partial charge on any atom is -0.466 e. The van der Waals surface area contributed by atoms with Crippen LogP contribution in [-0.2, 0) is 4.74 Å². The Kier molecular flexibility index (Phi) is 7.17. The Labute approximate surface area is 161 Å². The van der Waals surface area contributed by atoms with Crippen LogP contribution in [0.1, 0.15) is 28.4 Å². The first kappa shape index (κ1) is 20.7. The number of alkyl halides is 1. The van der Waals surface area contributed by atoms with Crippen LogP contribution in [0.5, 0.6) is 0 Å². The normalized spacial score (nSPS) is 11.7. The van der Waals surface area contributed by atoms with Gasteiger partial charge in [0.05, 0.1) is 13.3 Å². The van der Waals surface area contributed by atoms with Crippen molar-refractivity contribution in [2.45, 2.75) is 12.3 Å². The van der Waals surface area contributed by atoms with Crippen LogP contribution in [0.4, 0.5) is 18.9 Å². The number of benzene rings is 1. The number of aromatic nitrogens is 1. The average Bonchev–Trinajstić information content (AvgIpc) is 2.62. The second-order valence-corrected chi connectivity index (χ2v) is 6.45. The van der Waals surface area contributed by atoms with Crippen molar-refractivity contribution in [3.8, 4) is 0 Å². The van der Waals surface area contributed by atoms with Gasteiger partial charge in [-0.05, 0) is 46.1 Å². The lowest BCUT2D eigenvalue weighted by Crippen LogP contribution is -2.18. The summed E-state index contributed by atoms with van der Waals surface area (Å²) in [5.74, 6) is -4.09. The Balaban J connectivity index is 2.21. The molecule has 1 heterocycles. The molecule has 144 valence electrons. The van der Waals surface area contributed by atoms with Crippen LogP contribution < -0.4 is 11.1 Å². The van der Waals surface area contributed by atoms with E-state index in [-0.39, 0.29) is 30.0 Å². The highest BCUT2D eigenvalue weighted by Gasteiger charge is 2.21. The molecule has 0 bridgehead atoms. The number of hydrogen-bond donors (Lipinski definition) is 3. The Morgan fingerprint density at radius 1 is 1.37 bits per heavy atom. The highest BCUT2D eigenvalue weighted by atomic mass is 79.9. The third kappa shape index (κ3) is 5.68. The average molecular weight is 445 g/mol. The van der Waals surface area contributed by atoms with E-state index >= 15 is 0 Å². The standard InChI is InChI=1S/C17H16BrF3N4O2/c18-10-1-2-14(24-8-10)16(26)25-11-5-12(15(21)13(20)6-11)9(7-19)3-4-27-17(22)23/h1-2,5-6,8-9H,3-4,7H2,(H3,22,23)(H,25,26). The highest BCUT2D eigenvalue weighted by Crippen LogP contribution is 2.28. The summed E-state index contributed by atoms with van der Waals surface area (Å²) < 4.78 is 46.8. The summed E-state index contributed by atoms with van der Waals surface area (Å²) in [6, 6.07) is 4.46. The number of carbonyl (C=O) groups is 1. The third-order valence-corrected chi connectivity index (χ3v) is 4.09. The van der Waals surface area contributed by atoms with Crippen molar-refractivity contribution in [3.63, 3.8) is 0 Å². The minimum atomic E-state index is -1.22. The molecule has 1 amide bonds. The zero-order valence-electron chi connectivity index (χ0n) is 13.9. The SMILES string of the molecule is N=C(N)OCCC(CF)c1cc(NC(=O)c2ccc(Br)cn2)cc(F)c1F. The summed E-state index contributed by atoms with van der Waals surface area (Å²) in [6.45, 7) is -1.12. The van der Waals surface area contributed by atoms with E-state index in [0.29, 0.717) is 4.47 Å².